The van der Waals surface area contributed by atoms with Crippen LogP contribution in [0, 0.1) is 11.8 Å². The molecule has 9 amide bonds. The van der Waals surface area contributed by atoms with Gasteiger partial charge in [-0.25, -0.2) is 24.0 Å². The second-order valence-electron chi connectivity index (χ2n) is 34.2. The molecule has 2 aliphatic carbocycles. The number of ether oxygens (including phenoxy) is 3. The number of rotatable bonds is 23. The number of urea groups is 3. The zero-order valence-corrected chi connectivity index (χ0v) is 76.8. The summed E-state index contributed by atoms with van der Waals surface area (Å²) >= 11 is 5.22. The molecular weight excluding hydrogens is 1550 g/mol. The standard InChI is InChI=1S/C24H37N3O2.C21H33N3O3.C16H25N3O.C13H17N.C10H20N2O2.C8H13ClO.C4H8O.ClH/c1-2-3-7-21-10-13-22(14-11-21)25-24(29)27-17-6-16-26(18-19-27)23(28)15-12-20-8-4-5-9-20;1-5-6-8-17-9-11-18(12-10-17)22-19(25)23-13-7-14-24(16-15-23)20(26)27-21(2,3)4;1-2-3-5-14-6-8-15(9-7-14)18-16(20)19-12-4-10-17-11-13-19;1-3-5-6-12-7-9-13(10-8-12)14-11-4-2;1-10(2,3)14-9(13)12-7-4-5-11-6-8-12;9-8(10)6-5-7-3-1-2-4-7;1-2-4-5-3-1;/h10-11,13-14,20H,2-9,12,15-19H2,1H3,(H,25,29);9-12H,5-8,13-16H2,1-4H3,(H,22,25);6-9,17H,2-5,10-13H2,1H3,(H,18,20);4,7-11H,2-3,5-6H2,1H3;11H,4-8H2,1-3H3;7H,1-6H2;1-4H2;1H. The summed E-state index contributed by atoms with van der Waals surface area (Å²) in [4.78, 5) is 99.3. The van der Waals surface area contributed by atoms with Gasteiger partial charge in [0, 0.05) is 141 Å². The molecule has 2 saturated carbocycles. The SMILES string of the molecule is C1CCOC1.C=CC=Nc1ccc(CCCC)cc1.CC(C)(C)OC(=O)N1CCCNCC1.CCCCc1ccc(NC(=O)N2CCCN(C(=O)CCC3CCCC3)CC2)cc1.CCCCc1ccc(NC(=O)N2CCCN(C(=O)OC(C)(C)C)CC2)cc1.CCCCc1ccc(NC(=O)N2CCCNCC2)cc1.Cl.O=C(Cl)CCC1CCCC1. The molecule has 672 valence electrons. The maximum absolute atomic E-state index is 12.7. The highest BCUT2D eigenvalue weighted by atomic mass is 35.5. The summed E-state index contributed by atoms with van der Waals surface area (Å²) < 4.78 is 15.7. The van der Waals surface area contributed by atoms with Crippen LogP contribution in [0.4, 0.5) is 46.7 Å². The number of carbonyl (C=O) groups excluding carboxylic acids is 7. The van der Waals surface area contributed by atoms with Gasteiger partial charge >= 0.3 is 30.3 Å². The Morgan fingerprint density at radius 2 is 0.758 bits per heavy atom. The predicted molar refractivity (Wildman–Crippen MR) is 497 cm³/mol. The highest BCUT2D eigenvalue weighted by Crippen LogP contribution is 2.30. The average Bonchev–Trinajstić information content (AvgIpc) is 1.63. The molecule has 4 aromatic rings. The molecule has 0 spiro atoms. The lowest BCUT2D eigenvalue weighted by atomic mass is 10.0. The lowest BCUT2D eigenvalue weighted by molar-refractivity contribution is -0.131. The van der Waals surface area contributed by atoms with E-state index >= 15 is 0 Å². The van der Waals surface area contributed by atoms with Crippen LogP contribution >= 0.6 is 24.0 Å². The zero-order valence-electron chi connectivity index (χ0n) is 75.2. The van der Waals surface area contributed by atoms with Crippen LogP contribution in [0.3, 0.4) is 0 Å². The maximum atomic E-state index is 12.7. The highest BCUT2D eigenvalue weighted by Gasteiger charge is 2.29. The summed E-state index contributed by atoms with van der Waals surface area (Å²) in [6.45, 7) is 37.4. The van der Waals surface area contributed by atoms with E-state index < -0.39 is 11.2 Å². The van der Waals surface area contributed by atoms with Crippen molar-refractivity contribution in [3.05, 3.63) is 132 Å². The molecule has 5 N–H and O–H groups in total. The number of benzene rings is 4. The molecule has 11 rings (SSSR count). The largest absolute Gasteiger partial charge is 0.444 e. The van der Waals surface area contributed by atoms with Crippen molar-refractivity contribution in [1.82, 2.24) is 40.0 Å². The topological polar surface area (TPSA) is 239 Å². The van der Waals surface area contributed by atoms with E-state index in [0.717, 1.165) is 164 Å². The molecule has 5 aliphatic heterocycles. The predicted octanol–water partition coefficient (Wildman–Crippen LogP) is 21.5. The van der Waals surface area contributed by atoms with Gasteiger partial charge in [-0.05, 0) is 252 Å². The first-order chi connectivity index (χ1) is 57.4. The summed E-state index contributed by atoms with van der Waals surface area (Å²) in [6, 6.07) is 32.6. The van der Waals surface area contributed by atoms with Crippen molar-refractivity contribution in [1.29, 1.82) is 0 Å². The number of aryl methyl sites for hydroxylation is 4. The van der Waals surface area contributed by atoms with Gasteiger partial charge in [0.2, 0.25) is 11.1 Å². The number of nitrogens with zero attached hydrogens (tertiary/aromatic N) is 7. The molecule has 7 aliphatic rings. The van der Waals surface area contributed by atoms with Crippen molar-refractivity contribution >= 4 is 94.4 Å². The summed E-state index contributed by atoms with van der Waals surface area (Å²) in [5, 5.41) is 15.3. The molecule has 0 radical (unpaired) electrons. The number of nitrogens with one attached hydrogen (secondary N) is 5. The average molecular weight is 1710 g/mol. The molecule has 0 unspecified atom stereocenters. The van der Waals surface area contributed by atoms with Crippen molar-refractivity contribution in [2.75, 3.05) is 134 Å². The van der Waals surface area contributed by atoms with Crippen molar-refractivity contribution in [3.63, 3.8) is 0 Å². The van der Waals surface area contributed by atoms with Crippen molar-refractivity contribution in [3.8, 4) is 0 Å². The Morgan fingerprint density at radius 1 is 0.433 bits per heavy atom. The Morgan fingerprint density at radius 3 is 1.12 bits per heavy atom. The van der Waals surface area contributed by atoms with E-state index in [-0.39, 0.29) is 53.8 Å². The quantitative estimate of drug-likeness (QED) is 0.0344. The number of amides is 9. The molecule has 24 heteroatoms. The van der Waals surface area contributed by atoms with Crippen LogP contribution in [0.5, 0.6) is 0 Å². The van der Waals surface area contributed by atoms with E-state index in [1.54, 1.807) is 27.0 Å². The van der Waals surface area contributed by atoms with E-state index in [9.17, 15) is 33.6 Å². The lowest BCUT2D eigenvalue weighted by Crippen LogP contribution is -2.41. The molecule has 5 saturated heterocycles. The Balaban J connectivity index is 0.000000308. The number of allylic oxidation sites excluding steroid dienone is 1. The van der Waals surface area contributed by atoms with Gasteiger partial charge in [-0.15, -0.1) is 12.4 Å². The molecule has 120 heavy (non-hydrogen) atoms. The third kappa shape index (κ3) is 47.0. The third-order valence-corrected chi connectivity index (χ3v) is 21.8. The zero-order chi connectivity index (χ0) is 86.3. The molecule has 5 heterocycles. The fourth-order valence-electron chi connectivity index (χ4n) is 14.6. The van der Waals surface area contributed by atoms with E-state index in [2.05, 4.69) is 114 Å². The van der Waals surface area contributed by atoms with E-state index in [1.165, 1.54) is 144 Å². The van der Waals surface area contributed by atoms with Crippen LogP contribution in [0.25, 0.3) is 0 Å². The van der Waals surface area contributed by atoms with Gasteiger partial charge in [-0.1, -0.05) is 166 Å². The first kappa shape index (κ1) is 105. The van der Waals surface area contributed by atoms with Crippen LogP contribution in [-0.2, 0) is 49.5 Å². The summed E-state index contributed by atoms with van der Waals surface area (Å²) in [7, 11) is 0. The molecule has 0 bridgehead atoms. The smallest absolute Gasteiger partial charge is 0.410 e. The number of hydrogen-bond donors (Lipinski definition) is 5. The van der Waals surface area contributed by atoms with E-state index in [4.69, 9.17) is 25.8 Å². The van der Waals surface area contributed by atoms with Crippen LogP contribution in [0.1, 0.15) is 258 Å². The van der Waals surface area contributed by atoms with Crippen LogP contribution in [0.15, 0.2) is 115 Å². The first-order valence-electron chi connectivity index (χ1n) is 45.5. The van der Waals surface area contributed by atoms with E-state index in [1.807, 2.05) is 105 Å². The number of unbranched alkanes of at least 4 members (excludes halogenated alkanes) is 4. The fraction of sp³-hybridized carbons (Fsp3) is 0.646. The normalized spacial score (nSPS) is 16.5. The monoisotopic (exact) mass is 1710 g/mol. The minimum Gasteiger partial charge on any atom is -0.444 e. The summed E-state index contributed by atoms with van der Waals surface area (Å²) in [6.07, 6.45) is 37.0. The second-order valence-corrected chi connectivity index (χ2v) is 34.6. The van der Waals surface area contributed by atoms with Gasteiger partial charge in [-0.3, -0.25) is 14.6 Å². The number of aliphatic imine (C=N–C) groups is 1. The van der Waals surface area contributed by atoms with Crippen molar-refractivity contribution in [2.45, 2.75) is 273 Å². The molecule has 0 aromatic heterocycles. The van der Waals surface area contributed by atoms with Crippen LogP contribution in [-0.4, -0.2) is 206 Å². The number of anilines is 3. The molecule has 7 fully saturated rings. The lowest BCUT2D eigenvalue weighted by Gasteiger charge is -2.26. The number of hydrogen-bond acceptors (Lipinski definition) is 13. The Kier molecular flexibility index (Phi) is 53.6. The van der Waals surface area contributed by atoms with Gasteiger partial charge in [-0.2, -0.15) is 0 Å². The molecular formula is C96H154Cl2N12O10. The summed E-state index contributed by atoms with van der Waals surface area (Å²) in [5.74, 6) is 1.81. The molecule has 22 nitrogen and oxygen atoms in total. The van der Waals surface area contributed by atoms with Crippen LogP contribution < -0.4 is 26.6 Å². The van der Waals surface area contributed by atoms with Gasteiger partial charge in [0.1, 0.15) is 11.2 Å². The molecule has 0 atom stereocenters. The fourth-order valence-corrected chi connectivity index (χ4v) is 14.7. The Hall–Kier alpha value is -7.76. The third-order valence-electron chi connectivity index (χ3n) is 21.6. The van der Waals surface area contributed by atoms with Gasteiger partial charge in [0.05, 0.1) is 5.69 Å². The Labute approximate surface area is 733 Å². The highest BCUT2D eigenvalue weighted by molar-refractivity contribution is 6.63. The number of carbonyl (C=O) groups is 7. The Bertz CT molecular complexity index is 3480. The van der Waals surface area contributed by atoms with Crippen LogP contribution in [0.2, 0.25) is 0 Å². The second kappa shape index (κ2) is 61.5. The van der Waals surface area contributed by atoms with Gasteiger partial charge in [0.25, 0.3) is 0 Å². The minimum absolute atomic E-state index is 0. The van der Waals surface area contributed by atoms with Gasteiger partial charge in [0.15, 0.2) is 0 Å². The van der Waals surface area contributed by atoms with Crippen molar-refractivity contribution in [2.24, 2.45) is 16.8 Å². The summed E-state index contributed by atoms with van der Waals surface area (Å²) in [5.41, 5.74) is 7.94. The minimum atomic E-state index is -0.510. The van der Waals surface area contributed by atoms with Gasteiger partial charge < -0.3 is 70.2 Å². The molecule has 4 aromatic carbocycles. The maximum Gasteiger partial charge on any atom is 0.410 e. The van der Waals surface area contributed by atoms with Crippen molar-refractivity contribution < 1.29 is 47.8 Å². The van der Waals surface area contributed by atoms with E-state index in [0.29, 0.717) is 58.7 Å². The first-order valence-corrected chi connectivity index (χ1v) is 45.8. The number of halogens is 2.